The summed E-state index contributed by atoms with van der Waals surface area (Å²) in [6, 6.07) is 14.0. The molecule has 1 aliphatic heterocycles. The minimum Gasteiger partial charge on any atom is -0.508 e. The Bertz CT molecular complexity index is 1410. The SMILES string of the molecule is C=CCc1cc(/C=C2\C(=O)NC(=O)N(c3ccc(O)cc3)C2=O)cc(OC)c1OCc1ccccc1F. The summed E-state index contributed by atoms with van der Waals surface area (Å²) >= 11 is 0. The van der Waals surface area contributed by atoms with Crippen LogP contribution in [0.3, 0.4) is 0 Å². The molecular formula is C28H23FN2O6. The van der Waals surface area contributed by atoms with E-state index in [1.54, 1.807) is 36.4 Å². The number of carbonyl (C=O) groups is 3. The molecule has 0 spiro atoms. The van der Waals surface area contributed by atoms with Crippen molar-refractivity contribution in [3.05, 3.63) is 101 Å². The number of carbonyl (C=O) groups excluding carboxylic acids is 3. The summed E-state index contributed by atoms with van der Waals surface area (Å²) in [5.41, 5.74) is 1.33. The Morgan fingerprint density at radius 2 is 1.78 bits per heavy atom. The number of nitrogens with zero attached hydrogens (tertiary/aromatic N) is 1. The summed E-state index contributed by atoms with van der Waals surface area (Å²) in [5.74, 6) is -1.45. The molecule has 4 rings (SSSR count). The topological polar surface area (TPSA) is 105 Å². The van der Waals surface area contributed by atoms with Crippen molar-refractivity contribution in [2.75, 3.05) is 12.0 Å². The summed E-state index contributed by atoms with van der Waals surface area (Å²) in [7, 11) is 1.43. The van der Waals surface area contributed by atoms with Crippen molar-refractivity contribution >= 4 is 29.6 Å². The van der Waals surface area contributed by atoms with E-state index in [-0.39, 0.29) is 23.6 Å². The zero-order valence-electron chi connectivity index (χ0n) is 19.9. The fraction of sp³-hybridized carbons (Fsp3) is 0.107. The van der Waals surface area contributed by atoms with Crippen LogP contribution in [0.5, 0.6) is 17.2 Å². The Labute approximate surface area is 212 Å². The molecule has 3 aromatic rings. The third-order valence-electron chi connectivity index (χ3n) is 5.59. The maximum atomic E-state index is 14.1. The summed E-state index contributed by atoms with van der Waals surface area (Å²) in [5, 5.41) is 11.7. The molecule has 0 radical (unpaired) electrons. The predicted octanol–water partition coefficient (Wildman–Crippen LogP) is 4.51. The van der Waals surface area contributed by atoms with Crippen molar-refractivity contribution < 1.29 is 33.4 Å². The standard InChI is InChI=1S/C28H23FN2O6/c1-3-6-18-13-17(15-24(36-2)25(18)37-16-19-7-4-5-8-23(19)29)14-22-26(33)30-28(35)31(27(22)34)20-9-11-21(32)12-10-20/h3-5,7-15,32H,1,6,16H2,2H3,(H,30,33,35)/b22-14+. The van der Waals surface area contributed by atoms with Crippen LogP contribution in [-0.4, -0.2) is 30.1 Å². The van der Waals surface area contributed by atoms with Crippen molar-refractivity contribution in [2.45, 2.75) is 13.0 Å². The summed E-state index contributed by atoms with van der Waals surface area (Å²) in [6.07, 6.45) is 3.34. The Kier molecular flexibility index (Phi) is 7.34. The molecule has 0 atom stereocenters. The molecular weight excluding hydrogens is 479 g/mol. The first-order valence-corrected chi connectivity index (χ1v) is 11.2. The maximum absolute atomic E-state index is 14.1. The number of rotatable bonds is 8. The van der Waals surface area contributed by atoms with Gasteiger partial charge in [-0.1, -0.05) is 24.3 Å². The lowest BCUT2D eigenvalue weighted by Crippen LogP contribution is -2.54. The molecule has 0 saturated carbocycles. The molecule has 0 aromatic heterocycles. The van der Waals surface area contributed by atoms with E-state index in [0.29, 0.717) is 34.6 Å². The number of hydrogen-bond donors (Lipinski definition) is 2. The molecule has 1 heterocycles. The number of urea groups is 1. The third kappa shape index (κ3) is 5.35. The van der Waals surface area contributed by atoms with Crippen LogP contribution in [0.2, 0.25) is 0 Å². The molecule has 0 unspecified atom stereocenters. The Morgan fingerprint density at radius 3 is 2.46 bits per heavy atom. The molecule has 37 heavy (non-hydrogen) atoms. The highest BCUT2D eigenvalue weighted by Crippen LogP contribution is 2.35. The Balaban J connectivity index is 1.70. The highest BCUT2D eigenvalue weighted by molar-refractivity contribution is 6.39. The number of phenols is 1. The first-order valence-electron chi connectivity index (χ1n) is 11.2. The summed E-state index contributed by atoms with van der Waals surface area (Å²) < 4.78 is 25.5. The van der Waals surface area contributed by atoms with Crippen molar-refractivity contribution in [2.24, 2.45) is 0 Å². The van der Waals surface area contributed by atoms with E-state index in [0.717, 1.165) is 4.90 Å². The number of barbiturate groups is 1. The van der Waals surface area contributed by atoms with Crippen molar-refractivity contribution in [3.63, 3.8) is 0 Å². The van der Waals surface area contributed by atoms with E-state index in [1.165, 1.54) is 43.5 Å². The number of ether oxygens (including phenoxy) is 2. The number of nitrogens with one attached hydrogen (secondary N) is 1. The first kappa shape index (κ1) is 25.2. The maximum Gasteiger partial charge on any atom is 0.335 e. The number of hydrogen-bond acceptors (Lipinski definition) is 6. The van der Waals surface area contributed by atoms with Crippen LogP contribution >= 0.6 is 0 Å². The highest BCUT2D eigenvalue weighted by atomic mass is 19.1. The van der Waals surface area contributed by atoms with Gasteiger partial charge in [0.2, 0.25) is 0 Å². The van der Waals surface area contributed by atoms with Gasteiger partial charge in [-0.2, -0.15) is 0 Å². The molecule has 1 saturated heterocycles. The van der Waals surface area contributed by atoms with Crippen LogP contribution in [0.1, 0.15) is 16.7 Å². The largest absolute Gasteiger partial charge is 0.508 e. The van der Waals surface area contributed by atoms with Gasteiger partial charge in [-0.05, 0) is 60.5 Å². The fourth-order valence-corrected chi connectivity index (χ4v) is 3.82. The monoisotopic (exact) mass is 502 g/mol. The minimum atomic E-state index is -0.903. The number of halogens is 1. The highest BCUT2D eigenvalue weighted by Gasteiger charge is 2.36. The fourth-order valence-electron chi connectivity index (χ4n) is 3.82. The number of benzene rings is 3. The lowest BCUT2D eigenvalue weighted by atomic mass is 10.0. The molecule has 2 N–H and O–H groups in total. The van der Waals surface area contributed by atoms with Gasteiger partial charge in [0.15, 0.2) is 11.5 Å². The molecule has 188 valence electrons. The lowest BCUT2D eigenvalue weighted by molar-refractivity contribution is -0.122. The molecule has 4 amide bonds. The zero-order valence-corrected chi connectivity index (χ0v) is 19.9. The molecule has 0 aliphatic carbocycles. The smallest absolute Gasteiger partial charge is 0.335 e. The average Bonchev–Trinajstić information content (AvgIpc) is 2.87. The van der Waals surface area contributed by atoms with E-state index in [2.05, 4.69) is 11.9 Å². The predicted molar refractivity (Wildman–Crippen MR) is 135 cm³/mol. The molecule has 9 heteroatoms. The van der Waals surface area contributed by atoms with Crippen LogP contribution in [0.25, 0.3) is 6.08 Å². The van der Waals surface area contributed by atoms with E-state index in [4.69, 9.17) is 9.47 Å². The summed E-state index contributed by atoms with van der Waals surface area (Å²) in [4.78, 5) is 39.0. The van der Waals surface area contributed by atoms with Crippen molar-refractivity contribution in [1.82, 2.24) is 5.32 Å². The van der Waals surface area contributed by atoms with Crippen LogP contribution in [-0.2, 0) is 22.6 Å². The third-order valence-corrected chi connectivity index (χ3v) is 5.59. The van der Waals surface area contributed by atoms with Crippen LogP contribution < -0.4 is 19.7 Å². The molecule has 3 aromatic carbocycles. The van der Waals surface area contributed by atoms with Crippen molar-refractivity contribution in [3.8, 4) is 17.2 Å². The number of amides is 4. The molecule has 1 fully saturated rings. The molecule has 1 aliphatic rings. The quantitative estimate of drug-likeness (QED) is 0.267. The van der Waals surface area contributed by atoms with Crippen LogP contribution in [0, 0.1) is 5.82 Å². The Morgan fingerprint density at radius 1 is 1.05 bits per heavy atom. The van der Waals surface area contributed by atoms with E-state index in [9.17, 15) is 23.9 Å². The van der Waals surface area contributed by atoms with Crippen LogP contribution in [0.15, 0.2) is 78.9 Å². The lowest BCUT2D eigenvalue weighted by Gasteiger charge is -2.26. The van der Waals surface area contributed by atoms with Gasteiger partial charge in [0.05, 0.1) is 12.8 Å². The van der Waals surface area contributed by atoms with Gasteiger partial charge < -0.3 is 14.6 Å². The van der Waals surface area contributed by atoms with Crippen molar-refractivity contribution in [1.29, 1.82) is 0 Å². The average molecular weight is 502 g/mol. The van der Waals surface area contributed by atoms with Gasteiger partial charge in [-0.15, -0.1) is 6.58 Å². The van der Waals surface area contributed by atoms with Gasteiger partial charge in [-0.25, -0.2) is 14.1 Å². The number of allylic oxidation sites excluding steroid dienone is 1. The van der Waals surface area contributed by atoms with Gasteiger partial charge in [0, 0.05) is 11.1 Å². The number of aromatic hydroxyl groups is 1. The number of anilines is 1. The second-order valence-corrected chi connectivity index (χ2v) is 8.06. The molecule has 0 bridgehead atoms. The first-order chi connectivity index (χ1) is 17.8. The normalized spacial score (nSPS) is 14.5. The van der Waals surface area contributed by atoms with Gasteiger partial charge in [-0.3, -0.25) is 14.9 Å². The van der Waals surface area contributed by atoms with Gasteiger partial charge >= 0.3 is 6.03 Å². The summed E-state index contributed by atoms with van der Waals surface area (Å²) in [6.45, 7) is 3.72. The second kappa shape index (κ2) is 10.8. The molecule has 8 nitrogen and oxygen atoms in total. The number of methoxy groups -OCH3 is 1. The second-order valence-electron chi connectivity index (χ2n) is 8.06. The van der Waals surface area contributed by atoms with Crippen LogP contribution in [0.4, 0.5) is 14.9 Å². The number of imide groups is 2. The zero-order chi connectivity index (χ0) is 26.5. The van der Waals surface area contributed by atoms with E-state index in [1.807, 2.05) is 0 Å². The van der Waals surface area contributed by atoms with Gasteiger partial charge in [0.1, 0.15) is 23.7 Å². The number of phenolic OH excluding ortho intramolecular Hbond substituents is 1. The van der Waals surface area contributed by atoms with E-state index >= 15 is 0 Å². The minimum absolute atomic E-state index is 0.0420. The van der Waals surface area contributed by atoms with Gasteiger partial charge in [0.25, 0.3) is 11.8 Å². The van der Waals surface area contributed by atoms with E-state index < -0.39 is 23.7 Å². The Hall–Kier alpha value is -4.92.